The molecule has 2 heterocycles. The van der Waals surface area contributed by atoms with E-state index in [2.05, 4.69) is 10.3 Å². The van der Waals surface area contributed by atoms with Crippen LogP contribution >= 0.6 is 11.3 Å². The number of thiophene rings is 1. The molecule has 3 N–H and O–H groups in total. The molecule has 0 bridgehead atoms. The van der Waals surface area contributed by atoms with Crippen molar-refractivity contribution in [2.24, 2.45) is 5.73 Å². The summed E-state index contributed by atoms with van der Waals surface area (Å²) in [7, 11) is 1.38. The molecule has 0 saturated carbocycles. The van der Waals surface area contributed by atoms with Crippen LogP contribution in [0.5, 0.6) is 0 Å². The molecule has 0 aliphatic carbocycles. The molecule has 22 heavy (non-hydrogen) atoms. The topological polar surface area (TPSA) is 77.2 Å². The molecule has 6 heteroatoms. The SMILES string of the molecule is COC(=O)c1sc2ccc3ncccc3c2c1N/C=C(/C)N. The number of ether oxygens (including phenoxy) is 1. The van der Waals surface area contributed by atoms with Crippen molar-refractivity contribution >= 4 is 44.0 Å². The molecule has 0 spiro atoms. The Morgan fingerprint density at radius 2 is 2.23 bits per heavy atom. The summed E-state index contributed by atoms with van der Waals surface area (Å²) in [6.07, 6.45) is 3.42. The lowest BCUT2D eigenvalue weighted by Gasteiger charge is -2.05. The van der Waals surface area contributed by atoms with Crippen LogP contribution in [0, 0.1) is 0 Å². The van der Waals surface area contributed by atoms with Crippen molar-refractivity contribution in [1.29, 1.82) is 0 Å². The van der Waals surface area contributed by atoms with Gasteiger partial charge >= 0.3 is 5.97 Å². The molecule has 1 aromatic carbocycles. The van der Waals surface area contributed by atoms with Crippen LogP contribution in [0.25, 0.3) is 21.0 Å². The van der Waals surface area contributed by atoms with Gasteiger partial charge in [0.2, 0.25) is 0 Å². The number of hydrogen-bond donors (Lipinski definition) is 2. The molecule has 0 atom stereocenters. The third-order valence-electron chi connectivity index (χ3n) is 3.25. The summed E-state index contributed by atoms with van der Waals surface area (Å²) in [5, 5.41) is 5.07. The first-order valence-electron chi connectivity index (χ1n) is 6.69. The van der Waals surface area contributed by atoms with Crippen LogP contribution in [0.1, 0.15) is 16.6 Å². The Hall–Kier alpha value is -2.60. The van der Waals surface area contributed by atoms with Gasteiger partial charge in [-0.25, -0.2) is 4.79 Å². The first kappa shape index (κ1) is 14.3. The number of aromatic nitrogens is 1. The maximum atomic E-state index is 12.1. The molecule has 0 aliphatic heterocycles. The Labute approximate surface area is 131 Å². The van der Waals surface area contributed by atoms with Crippen molar-refractivity contribution < 1.29 is 9.53 Å². The number of carbonyl (C=O) groups excluding carboxylic acids is 1. The Kier molecular flexibility index (Phi) is 3.68. The molecule has 5 nitrogen and oxygen atoms in total. The minimum atomic E-state index is -0.371. The zero-order valence-electron chi connectivity index (χ0n) is 12.2. The fourth-order valence-electron chi connectivity index (χ4n) is 2.31. The smallest absolute Gasteiger partial charge is 0.350 e. The van der Waals surface area contributed by atoms with Crippen molar-refractivity contribution in [3.8, 4) is 0 Å². The highest BCUT2D eigenvalue weighted by Gasteiger charge is 2.20. The van der Waals surface area contributed by atoms with E-state index in [1.54, 1.807) is 19.3 Å². The number of carbonyl (C=O) groups is 1. The second-order valence-corrected chi connectivity index (χ2v) is 5.89. The van der Waals surface area contributed by atoms with Gasteiger partial charge in [0.1, 0.15) is 4.88 Å². The first-order valence-corrected chi connectivity index (χ1v) is 7.51. The average Bonchev–Trinajstić information content (AvgIpc) is 2.91. The lowest BCUT2D eigenvalue weighted by atomic mass is 10.1. The number of rotatable bonds is 3. The Morgan fingerprint density at radius 1 is 1.41 bits per heavy atom. The average molecular weight is 313 g/mol. The highest BCUT2D eigenvalue weighted by Crippen LogP contribution is 2.40. The number of nitrogens with one attached hydrogen (secondary N) is 1. The van der Waals surface area contributed by atoms with E-state index in [4.69, 9.17) is 10.5 Å². The van der Waals surface area contributed by atoms with Gasteiger partial charge in [0.05, 0.1) is 18.3 Å². The third-order valence-corrected chi connectivity index (χ3v) is 4.39. The maximum Gasteiger partial charge on any atom is 0.350 e. The quantitative estimate of drug-likeness (QED) is 0.724. The van der Waals surface area contributed by atoms with Crippen LogP contribution in [-0.4, -0.2) is 18.1 Å². The first-order chi connectivity index (χ1) is 10.6. The summed E-state index contributed by atoms with van der Waals surface area (Å²) in [6.45, 7) is 1.78. The van der Waals surface area contributed by atoms with Gasteiger partial charge in [0, 0.05) is 33.6 Å². The van der Waals surface area contributed by atoms with Gasteiger partial charge in [0.25, 0.3) is 0 Å². The second kappa shape index (κ2) is 5.65. The van der Waals surface area contributed by atoms with Crippen LogP contribution < -0.4 is 11.1 Å². The minimum absolute atomic E-state index is 0.371. The molecule has 0 aliphatic rings. The minimum Gasteiger partial charge on any atom is -0.465 e. The van der Waals surface area contributed by atoms with Crippen LogP contribution in [0.3, 0.4) is 0 Å². The predicted octanol–water partition coefficient (Wildman–Crippen LogP) is 3.47. The van der Waals surface area contributed by atoms with E-state index in [1.165, 1.54) is 18.4 Å². The fraction of sp³-hybridized carbons (Fsp3) is 0.125. The van der Waals surface area contributed by atoms with E-state index in [0.717, 1.165) is 21.0 Å². The van der Waals surface area contributed by atoms with Gasteiger partial charge in [-0.05, 0) is 25.1 Å². The van der Waals surface area contributed by atoms with Gasteiger partial charge in [0.15, 0.2) is 0 Å². The highest BCUT2D eigenvalue weighted by atomic mass is 32.1. The van der Waals surface area contributed by atoms with E-state index in [0.29, 0.717) is 16.3 Å². The molecule has 0 fully saturated rings. The van der Waals surface area contributed by atoms with Crippen LogP contribution in [0.2, 0.25) is 0 Å². The van der Waals surface area contributed by atoms with E-state index >= 15 is 0 Å². The molecule has 0 radical (unpaired) electrons. The van der Waals surface area contributed by atoms with Gasteiger partial charge in [-0.3, -0.25) is 4.98 Å². The number of esters is 1. The number of hydrogen-bond acceptors (Lipinski definition) is 6. The van der Waals surface area contributed by atoms with Crippen molar-refractivity contribution in [1.82, 2.24) is 4.98 Å². The van der Waals surface area contributed by atoms with Crippen molar-refractivity contribution in [2.75, 3.05) is 12.4 Å². The summed E-state index contributed by atoms with van der Waals surface area (Å²) in [6, 6.07) is 7.78. The number of allylic oxidation sites excluding steroid dienone is 1. The van der Waals surface area contributed by atoms with Gasteiger partial charge in [-0.15, -0.1) is 11.3 Å². The zero-order chi connectivity index (χ0) is 15.7. The summed E-state index contributed by atoms with van der Waals surface area (Å²) in [5.74, 6) is -0.371. The standard InChI is InChI=1S/C16H15N3O2S/c1-9(17)8-19-14-13-10-4-3-7-18-11(10)5-6-12(13)22-15(14)16(20)21-2/h3-8,19H,17H2,1-2H3/b9-8-. The Balaban J connectivity index is 2.35. The number of nitrogens with two attached hydrogens (primary N) is 1. The highest BCUT2D eigenvalue weighted by molar-refractivity contribution is 7.21. The van der Waals surface area contributed by atoms with E-state index in [-0.39, 0.29) is 5.97 Å². The van der Waals surface area contributed by atoms with Crippen molar-refractivity contribution in [3.63, 3.8) is 0 Å². The summed E-state index contributed by atoms with van der Waals surface area (Å²) in [4.78, 5) is 16.9. The molecule has 0 amide bonds. The number of pyridine rings is 1. The number of benzene rings is 1. The maximum absolute atomic E-state index is 12.1. The lowest BCUT2D eigenvalue weighted by Crippen LogP contribution is -2.03. The molecular formula is C16H15N3O2S. The molecule has 3 rings (SSSR count). The largest absolute Gasteiger partial charge is 0.465 e. The Bertz CT molecular complexity index is 895. The van der Waals surface area contributed by atoms with E-state index < -0.39 is 0 Å². The molecule has 112 valence electrons. The zero-order valence-corrected chi connectivity index (χ0v) is 13.0. The van der Waals surface area contributed by atoms with E-state index in [9.17, 15) is 4.79 Å². The number of methoxy groups -OCH3 is 1. The molecule has 2 aromatic heterocycles. The Morgan fingerprint density at radius 3 is 2.95 bits per heavy atom. The number of fused-ring (bicyclic) bond motifs is 3. The van der Waals surface area contributed by atoms with Crippen LogP contribution in [0.15, 0.2) is 42.4 Å². The number of anilines is 1. The van der Waals surface area contributed by atoms with Crippen molar-refractivity contribution in [2.45, 2.75) is 6.92 Å². The molecule has 0 saturated heterocycles. The molecule has 3 aromatic rings. The van der Waals surface area contributed by atoms with Gasteiger partial charge in [-0.2, -0.15) is 0 Å². The summed E-state index contributed by atoms with van der Waals surface area (Å²) in [5.41, 5.74) is 7.90. The monoisotopic (exact) mass is 313 g/mol. The fourth-order valence-corrected chi connectivity index (χ4v) is 3.41. The lowest BCUT2D eigenvalue weighted by molar-refractivity contribution is 0.0607. The van der Waals surface area contributed by atoms with Crippen LogP contribution in [-0.2, 0) is 4.74 Å². The van der Waals surface area contributed by atoms with E-state index in [1.807, 2.05) is 24.3 Å². The van der Waals surface area contributed by atoms with Gasteiger partial charge in [-0.1, -0.05) is 6.07 Å². The number of nitrogens with zero attached hydrogens (tertiary/aromatic N) is 1. The third kappa shape index (κ3) is 2.37. The normalized spacial score (nSPS) is 11.8. The second-order valence-electron chi connectivity index (χ2n) is 4.84. The molecule has 0 unspecified atom stereocenters. The molecular weight excluding hydrogens is 298 g/mol. The van der Waals surface area contributed by atoms with Crippen molar-refractivity contribution in [3.05, 3.63) is 47.2 Å². The van der Waals surface area contributed by atoms with Gasteiger partial charge < -0.3 is 15.8 Å². The van der Waals surface area contributed by atoms with Crippen LogP contribution in [0.4, 0.5) is 5.69 Å². The summed E-state index contributed by atoms with van der Waals surface area (Å²) >= 11 is 1.39. The summed E-state index contributed by atoms with van der Waals surface area (Å²) < 4.78 is 5.88. The predicted molar refractivity (Wildman–Crippen MR) is 90.0 cm³/mol.